The van der Waals surface area contributed by atoms with Crippen LogP contribution in [-0.2, 0) is 9.57 Å². The van der Waals surface area contributed by atoms with Gasteiger partial charge >= 0.3 is 6.09 Å². The number of hydrogen-bond donors (Lipinski definition) is 2. The van der Waals surface area contributed by atoms with Crippen molar-refractivity contribution in [1.29, 1.82) is 0 Å². The second-order valence-electron chi connectivity index (χ2n) is 5.38. The van der Waals surface area contributed by atoms with Gasteiger partial charge in [-0.2, -0.15) is 0 Å². The van der Waals surface area contributed by atoms with E-state index in [-0.39, 0.29) is 11.6 Å². The van der Waals surface area contributed by atoms with Gasteiger partial charge in [0.05, 0.1) is 6.61 Å². The van der Waals surface area contributed by atoms with Crippen LogP contribution in [0.15, 0.2) is 0 Å². The van der Waals surface area contributed by atoms with Gasteiger partial charge in [-0.15, -0.1) is 0 Å². The van der Waals surface area contributed by atoms with Crippen molar-refractivity contribution in [1.82, 2.24) is 5.32 Å². The predicted molar refractivity (Wildman–Crippen MR) is 60.7 cm³/mol. The van der Waals surface area contributed by atoms with E-state index >= 15 is 0 Å². The number of nitrogens with two attached hydrogens (primary N) is 1. The topological polar surface area (TPSA) is 73.6 Å². The minimum atomic E-state index is -0.459. The first-order valence-electron chi connectivity index (χ1n) is 5.70. The molecule has 1 fully saturated rings. The molecule has 1 amide bonds. The Kier molecular flexibility index (Phi) is 4.15. The fourth-order valence-electron chi connectivity index (χ4n) is 1.82. The summed E-state index contributed by atoms with van der Waals surface area (Å²) in [5, 5.41) is 2.92. The minimum Gasteiger partial charge on any atom is -0.444 e. The molecular formula is C11H22N2O3. The highest BCUT2D eigenvalue weighted by molar-refractivity contribution is 5.69. The molecule has 0 atom stereocenters. The molecule has 1 aliphatic carbocycles. The molecule has 3 N–H and O–H groups in total. The Morgan fingerprint density at radius 3 is 2.44 bits per heavy atom. The van der Waals surface area contributed by atoms with Crippen LogP contribution in [0.3, 0.4) is 0 Å². The van der Waals surface area contributed by atoms with Gasteiger partial charge in [0, 0.05) is 5.54 Å². The van der Waals surface area contributed by atoms with Crippen LogP contribution in [0.2, 0.25) is 0 Å². The lowest BCUT2D eigenvalue weighted by Gasteiger charge is -2.42. The Hall–Kier alpha value is -0.810. The lowest BCUT2D eigenvalue weighted by molar-refractivity contribution is 0.0294. The molecule has 1 aliphatic rings. The van der Waals surface area contributed by atoms with Crippen molar-refractivity contribution in [3.63, 3.8) is 0 Å². The molecule has 0 radical (unpaired) electrons. The highest BCUT2D eigenvalue weighted by Crippen LogP contribution is 2.35. The third-order valence-corrected chi connectivity index (χ3v) is 2.78. The largest absolute Gasteiger partial charge is 0.444 e. The molecule has 0 aliphatic heterocycles. The van der Waals surface area contributed by atoms with Gasteiger partial charge < -0.3 is 14.9 Å². The summed E-state index contributed by atoms with van der Waals surface area (Å²) in [4.78, 5) is 16.2. The zero-order valence-electron chi connectivity index (χ0n) is 10.3. The number of nitrogens with one attached hydrogen (secondary N) is 1. The van der Waals surface area contributed by atoms with Gasteiger partial charge in [-0.25, -0.2) is 10.7 Å². The van der Waals surface area contributed by atoms with E-state index in [2.05, 4.69) is 10.2 Å². The molecule has 0 bridgehead atoms. The fraction of sp³-hybridized carbons (Fsp3) is 0.909. The molecule has 0 aromatic carbocycles. The molecule has 16 heavy (non-hydrogen) atoms. The molecule has 0 spiro atoms. The number of carbonyl (C=O) groups excluding carboxylic acids is 1. The molecule has 5 nitrogen and oxygen atoms in total. The van der Waals surface area contributed by atoms with Crippen molar-refractivity contribution in [3.05, 3.63) is 0 Å². The summed E-state index contributed by atoms with van der Waals surface area (Å²) in [7, 11) is 0. The Labute approximate surface area is 96.6 Å². The number of alkyl carbamates (subject to hydrolysis) is 1. The van der Waals surface area contributed by atoms with E-state index in [0.29, 0.717) is 6.61 Å². The number of carbonyl (C=O) groups is 1. The highest BCUT2D eigenvalue weighted by Gasteiger charge is 2.39. The standard InChI is InChI=1S/C11H22N2O3/c1-10(2,3)16-9(14)13-11(5-4-6-11)7-8-15-12/h4-8,12H2,1-3H3,(H,13,14). The predicted octanol–water partition coefficient (Wildman–Crippen LogP) is 1.71. The summed E-state index contributed by atoms with van der Waals surface area (Å²) in [5.74, 6) is 5.00. The van der Waals surface area contributed by atoms with Gasteiger partial charge in [-0.05, 0) is 46.5 Å². The van der Waals surface area contributed by atoms with E-state index in [4.69, 9.17) is 10.6 Å². The molecule has 0 unspecified atom stereocenters. The first-order chi connectivity index (χ1) is 7.37. The quantitative estimate of drug-likeness (QED) is 0.721. The third-order valence-electron chi connectivity index (χ3n) is 2.78. The van der Waals surface area contributed by atoms with Gasteiger partial charge in [0.25, 0.3) is 0 Å². The van der Waals surface area contributed by atoms with Crippen LogP contribution >= 0.6 is 0 Å². The zero-order valence-corrected chi connectivity index (χ0v) is 10.3. The van der Waals surface area contributed by atoms with E-state index in [1.165, 1.54) is 0 Å². The monoisotopic (exact) mass is 230 g/mol. The van der Waals surface area contributed by atoms with E-state index in [1.54, 1.807) is 0 Å². The minimum absolute atomic E-state index is 0.165. The SMILES string of the molecule is CC(C)(C)OC(=O)NC1(CCON)CCC1. The lowest BCUT2D eigenvalue weighted by atomic mass is 9.74. The summed E-state index contributed by atoms with van der Waals surface area (Å²) in [5.41, 5.74) is -0.624. The summed E-state index contributed by atoms with van der Waals surface area (Å²) in [6.45, 7) is 6.00. The molecule has 0 aromatic heterocycles. The van der Waals surface area contributed by atoms with E-state index in [9.17, 15) is 4.79 Å². The average Bonchev–Trinajstić information content (AvgIpc) is 2.06. The smallest absolute Gasteiger partial charge is 0.408 e. The van der Waals surface area contributed by atoms with Crippen molar-refractivity contribution in [2.45, 2.75) is 57.6 Å². The second kappa shape index (κ2) is 5.01. The molecular weight excluding hydrogens is 208 g/mol. The van der Waals surface area contributed by atoms with Crippen molar-refractivity contribution >= 4 is 6.09 Å². The molecule has 0 saturated heterocycles. The van der Waals surface area contributed by atoms with Crippen LogP contribution in [0, 0.1) is 0 Å². The summed E-state index contributed by atoms with van der Waals surface area (Å²) in [6, 6.07) is 0. The lowest BCUT2D eigenvalue weighted by Crippen LogP contribution is -2.55. The van der Waals surface area contributed by atoms with Crippen molar-refractivity contribution in [3.8, 4) is 0 Å². The maximum atomic E-state index is 11.6. The second-order valence-corrected chi connectivity index (χ2v) is 5.38. The van der Waals surface area contributed by atoms with Crippen LogP contribution in [0.5, 0.6) is 0 Å². The Balaban J connectivity index is 2.41. The number of hydrogen-bond acceptors (Lipinski definition) is 4. The van der Waals surface area contributed by atoms with E-state index in [0.717, 1.165) is 25.7 Å². The van der Waals surface area contributed by atoms with Gasteiger partial charge in [0.2, 0.25) is 0 Å². The van der Waals surface area contributed by atoms with Crippen LogP contribution < -0.4 is 11.2 Å². The van der Waals surface area contributed by atoms with Crippen LogP contribution in [0.25, 0.3) is 0 Å². The molecule has 0 aromatic rings. The molecule has 5 heteroatoms. The summed E-state index contributed by atoms with van der Waals surface area (Å²) < 4.78 is 5.23. The van der Waals surface area contributed by atoms with Crippen molar-refractivity contribution in [2.24, 2.45) is 5.90 Å². The van der Waals surface area contributed by atoms with E-state index < -0.39 is 5.60 Å². The van der Waals surface area contributed by atoms with Gasteiger partial charge in [-0.3, -0.25) is 0 Å². The number of rotatable bonds is 4. The molecule has 0 heterocycles. The summed E-state index contributed by atoms with van der Waals surface area (Å²) >= 11 is 0. The van der Waals surface area contributed by atoms with E-state index in [1.807, 2.05) is 20.8 Å². The maximum absolute atomic E-state index is 11.6. The molecule has 94 valence electrons. The zero-order chi connectivity index (χ0) is 12.2. The molecule has 1 rings (SSSR count). The Bertz CT molecular complexity index is 244. The first kappa shape index (κ1) is 13.3. The van der Waals surface area contributed by atoms with Gasteiger partial charge in [0.1, 0.15) is 5.60 Å². The Morgan fingerprint density at radius 2 is 2.06 bits per heavy atom. The number of amides is 1. The van der Waals surface area contributed by atoms with Gasteiger partial charge in [0.15, 0.2) is 0 Å². The van der Waals surface area contributed by atoms with Crippen LogP contribution in [0.1, 0.15) is 46.5 Å². The normalized spacial score (nSPS) is 18.8. The first-order valence-corrected chi connectivity index (χ1v) is 5.70. The van der Waals surface area contributed by atoms with Crippen molar-refractivity contribution in [2.75, 3.05) is 6.61 Å². The van der Waals surface area contributed by atoms with Crippen LogP contribution in [0.4, 0.5) is 4.79 Å². The van der Waals surface area contributed by atoms with Gasteiger partial charge in [-0.1, -0.05) is 0 Å². The average molecular weight is 230 g/mol. The Morgan fingerprint density at radius 1 is 1.44 bits per heavy atom. The fourth-order valence-corrected chi connectivity index (χ4v) is 1.82. The highest BCUT2D eigenvalue weighted by atomic mass is 16.6. The number of ether oxygens (including phenoxy) is 1. The van der Waals surface area contributed by atoms with Crippen molar-refractivity contribution < 1.29 is 14.4 Å². The summed E-state index contributed by atoms with van der Waals surface area (Å²) in [6.07, 6.45) is 3.44. The third kappa shape index (κ3) is 3.98. The van der Waals surface area contributed by atoms with Crippen LogP contribution in [-0.4, -0.2) is 23.8 Å². The maximum Gasteiger partial charge on any atom is 0.408 e. The molecule has 1 saturated carbocycles.